The summed E-state index contributed by atoms with van der Waals surface area (Å²) in [5.74, 6) is -13.0. The van der Waals surface area contributed by atoms with Crippen molar-refractivity contribution in [2.75, 3.05) is 0 Å². The van der Waals surface area contributed by atoms with E-state index in [0.717, 1.165) is 12.1 Å². The van der Waals surface area contributed by atoms with E-state index in [0.29, 0.717) is 24.1 Å². The molecule has 0 saturated carbocycles. The van der Waals surface area contributed by atoms with Crippen molar-refractivity contribution < 1.29 is 61.6 Å². The molecule has 1 aromatic carbocycles. The topological polar surface area (TPSA) is 63.6 Å². The van der Waals surface area contributed by atoms with Gasteiger partial charge < -0.3 is 0 Å². The predicted molar refractivity (Wildman–Crippen MR) is 81.5 cm³/mol. The maximum atomic E-state index is 14.0. The van der Waals surface area contributed by atoms with Gasteiger partial charge >= 0.3 is 39.4 Å². The van der Waals surface area contributed by atoms with Gasteiger partial charge in [0.15, 0.2) is 0 Å². The Labute approximate surface area is 163 Å². The van der Waals surface area contributed by atoms with E-state index in [4.69, 9.17) is 4.55 Å². The Morgan fingerprint density at radius 1 is 0.900 bits per heavy atom. The normalized spacial score (nSPS) is 15.9. The van der Waals surface area contributed by atoms with Crippen molar-refractivity contribution in [1.82, 2.24) is 0 Å². The summed E-state index contributed by atoms with van der Waals surface area (Å²) in [4.78, 5) is 0. The van der Waals surface area contributed by atoms with Crippen LogP contribution in [0.5, 0.6) is 0 Å². The summed E-state index contributed by atoms with van der Waals surface area (Å²) in [6.45, 7) is 3.32. The minimum Gasteiger partial charge on any atom is -0.281 e. The van der Waals surface area contributed by atoms with Gasteiger partial charge in [0.05, 0.1) is 0 Å². The van der Waals surface area contributed by atoms with Gasteiger partial charge in [0, 0.05) is 5.56 Å². The van der Waals surface area contributed by atoms with Crippen LogP contribution in [0.4, 0.5) is 43.9 Å². The highest BCUT2D eigenvalue weighted by Crippen LogP contribution is 2.54. The van der Waals surface area contributed by atoms with E-state index >= 15 is 0 Å². The molecular formula is C15H14F10O4S. The summed E-state index contributed by atoms with van der Waals surface area (Å²) in [7, 11) is -7.16. The molecule has 30 heavy (non-hydrogen) atoms. The number of rotatable bonds is 9. The molecule has 0 spiro atoms. The first-order chi connectivity index (χ1) is 13.2. The van der Waals surface area contributed by atoms with E-state index < -0.39 is 45.0 Å². The second-order valence-electron chi connectivity index (χ2n) is 6.21. The number of alkyl halides is 10. The molecule has 0 aliphatic carbocycles. The Balaban J connectivity index is 3.35. The van der Waals surface area contributed by atoms with Crippen LogP contribution >= 0.6 is 0 Å². The molecule has 0 fully saturated rings. The van der Waals surface area contributed by atoms with Crippen LogP contribution in [0.2, 0.25) is 0 Å². The lowest BCUT2D eigenvalue weighted by molar-refractivity contribution is -0.479. The number of ether oxygens (including phenoxy) is 1. The summed E-state index contributed by atoms with van der Waals surface area (Å²) in [5, 5.41) is -6.85. The van der Waals surface area contributed by atoms with Gasteiger partial charge in [0.1, 0.15) is 0 Å². The molecule has 1 N–H and O–H groups in total. The molecule has 1 atom stereocenters. The monoisotopic (exact) mass is 480 g/mol. The number of hydrogen-bond donors (Lipinski definition) is 1. The second-order valence-corrected chi connectivity index (χ2v) is 7.67. The SMILES string of the molecule is CCC(C)c1ccc(C(F)(F)C(F)(F)C(F)(F)OC(F)(F)C(F)(F)S(=O)(=O)O)cc1. The number of hydrogen-bond acceptors (Lipinski definition) is 3. The van der Waals surface area contributed by atoms with Crippen molar-refractivity contribution in [2.24, 2.45) is 0 Å². The summed E-state index contributed by atoms with van der Waals surface area (Å²) in [5.41, 5.74) is -1.43. The van der Waals surface area contributed by atoms with Crippen LogP contribution < -0.4 is 0 Å². The molecule has 0 aliphatic heterocycles. The highest BCUT2D eigenvalue weighted by molar-refractivity contribution is 7.86. The smallest absolute Gasteiger partial charge is 0.281 e. The zero-order valence-electron chi connectivity index (χ0n) is 15.0. The van der Waals surface area contributed by atoms with Crippen molar-refractivity contribution in [3.05, 3.63) is 35.4 Å². The molecule has 4 nitrogen and oxygen atoms in total. The number of halogens is 10. The third-order valence-corrected chi connectivity index (χ3v) is 5.02. The van der Waals surface area contributed by atoms with E-state index in [-0.39, 0.29) is 5.92 Å². The van der Waals surface area contributed by atoms with E-state index in [1.54, 1.807) is 13.8 Å². The summed E-state index contributed by atoms with van der Waals surface area (Å²) < 4.78 is 165. The van der Waals surface area contributed by atoms with Crippen molar-refractivity contribution in [3.8, 4) is 0 Å². The molecule has 0 heterocycles. The second kappa shape index (κ2) is 7.82. The fourth-order valence-corrected chi connectivity index (χ4v) is 2.40. The Hall–Kier alpha value is -1.61. The molecule has 0 bridgehead atoms. The molecule has 1 rings (SSSR count). The first kappa shape index (κ1) is 26.4. The highest BCUT2D eigenvalue weighted by atomic mass is 32.2. The van der Waals surface area contributed by atoms with Crippen molar-refractivity contribution in [1.29, 1.82) is 0 Å². The fraction of sp³-hybridized carbons (Fsp3) is 0.600. The molecular weight excluding hydrogens is 466 g/mol. The van der Waals surface area contributed by atoms with E-state index in [1.165, 1.54) is 0 Å². The first-order valence-electron chi connectivity index (χ1n) is 7.82. The standard InChI is InChI=1S/C15H14F10O4S/c1-3-8(2)9-4-6-10(7-5-9)11(16,17)12(18,19)13(20,21)29-14(22,23)15(24,25)30(26,27)28/h4-8H,3H2,1-2H3,(H,26,27,28). The fourth-order valence-electron chi connectivity index (χ4n) is 2.06. The Bertz CT molecular complexity index is 853. The maximum absolute atomic E-state index is 14.0. The third-order valence-electron chi connectivity index (χ3n) is 4.13. The Morgan fingerprint density at radius 2 is 1.33 bits per heavy atom. The van der Waals surface area contributed by atoms with Gasteiger partial charge in [-0.05, 0) is 17.9 Å². The van der Waals surface area contributed by atoms with Crippen LogP contribution in [0.1, 0.15) is 37.3 Å². The molecule has 0 saturated heterocycles. The predicted octanol–water partition coefficient (Wildman–Crippen LogP) is 5.61. The average Bonchev–Trinajstić information content (AvgIpc) is 2.58. The zero-order chi connectivity index (χ0) is 24.0. The molecule has 174 valence electrons. The summed E-state index contributed by atoms with van der Waals surface area (Å²) >= 11 is 0. The lowest BCUT2D eigenvalue weighted by Crippen LogP contribution is -2.60. The van der Waals surface area contributed by atoms with Crippen molar-refractivity contribution in [2.45, 2.75) is 55.5 Å². The van der Waals surface area contributed by atoms with Crippen LogP contribution in [0, 0.1) is 0 Å². The summed E-state index contributed by atoms with van der Waals surface area (Å²) in [6.07, 6.45) is -13.5. The van der Waals surface area contributed by atoms with Gasteiger partial charge in [-0.3, -0.25) is 4.55 Å². The zero-order valence-corrected chi connectivity index (χ0v) is 15.8. The van der Waals surface area contributed by atoms with Gasteiger partial charge in [-0.2, -0.15) is 52.3 Å². The molecule has 0 radical (unpaired) electrons. The van der Waals surface area contributed by atoms with E-state index in [9.17, 15) is 52.3 Å². The first-order valence-corrected chi connectivity index (χ1v) is 9.26. The van der Waals surface area contributed by atoms with Crippen LogP contribution in [-0.2, 0) is 20.8 Å². The maximum Gasteiger partial charge on any atom is 0.460 e. The van der Waals surface area contributed by atoms with Gasteiger partial charge in [-0.1, -0.05) is 38.1 Å². The molecule has 1 unspecified atom stereocenters. The van der Waals surface area contributed by atoms with Crippen molar-refractivity contribution >= 4 is 10.1 Å². The molecule has 1 aromatic rings. The molecule has 15 heteroatoms. The van der Waals surface area contributed by atoms with Gasteiger partial charge in [0.2, 0.25) is 0 Å². The van der Waals surface area contributed by atoms with Crippen LogP contribution in [-0.4, -0.2) is 36.4 Å². The minimum atomic E-state index is -7.16. The molecule has 0 aromatic heterocycles. The lowest BCUT2D eigenvalue weighted by atomic mass is 9.94. The van der Waals surface area contributed by atoms with E-state index in [1.807, 2.05) is 4.74 Å². The Kier molecular flexibility index (Phi) is 6.89. The minimum absolute atomic E-state index is 0.237. The number of benzene rings is 1. The van der Waals surface area contributed by atoms with Gasteiger partial charge in [-0.15, -0.1) is 0 Å². The average molecular weight is 480 g/mol. The summed E-state index contributed by atoms with van der Waals surface area (Å²) in [6, 6.07) is 2.37. The van der Waals surface area contributed by atoms with Crippen LogP contribution in [0.25, 0.3) is 0 Å². The lowest BCUT2D eigenvalue weighted by Gasteiger charge is -2.35. The van der Waals surface area contributed by atoms with E-state index in [2.05, 4.69) is 0 Å². The third kappa shape index (κ3) is 4.37. The molecule has 0 amide bonds. The molecule has 0 aliphatic rings. The van der Waals surface area contributed by atoms with Crippen LogP contribution in [0.3, 0.4) is 0 Å². The Morgan fingerprint density at radius 3 is 1.70 bits per heavy atom. The highest BCUT2D eigenvalue weighted by Gasteiger charge is 2.79. The van der Waals surface area contributed by atoms with Crippen LogP contribution in [0.15, 0.2) is 24.3 Å². The largest absolute Gasteiger partial charge is 0.460 e. The van der Waals surface area contributed by atoms with Gasteiger partial charge in [0.25, 0.3) is 0 Å². The quantitative estimate of drug-likeness (QED) is 0.369. The van der Waals surface area contributed by atoms with Gasteiger partial charge in [-0.25, -0.2) is 4.74 Å². The van der Waals surface area contributed by atoms with Crippen molar-refractivity contribution in [3.63, 3.8) is 0 Å².